The average molecular weight is 335 g/mol. The van der Waals surface area contributed by atoms with Gasteiger partial charge in [0.25, 0.3) is 0 Å². The van der Waals surface area contributed by atoms with E-state index in [2.05, 4.69) is 61.4 Å². The number of ether oxygens (including phenoxy) is 1. The van der Waals surface area contributed by atoms with Crippen LogP contribution in [-0.2, 0) is 9.53 Å². The molecule has 5 radical (unpaired) electrons. The Hall–Kier alpha value is -1.66. The van der Waals surface area contributed by atoms with Crippen molar-refractivity contribution in [1.82, 2.24) is 0 Å². The first-order chi connectivity index (χ1) is 11.7. The first kappa shape index (κ1) is 17.2. The van der Waals surface area contributed by atoms with Crippen LogP contribution in [0.25, 0.3) is 0 Å². The summed E-state index contributed by atoms with van der Waals surface area (Å²) in [7, 11) is -0.678. The Kier molecular flexibility index (Phi) is 5.68. The lowest BCUT2D eigenvalue weighted by molar-refractivity contribution is -0.144. The van der Waals surface area contributed by atoms with Gasteiger partial charge in [0.05, 0.1) is 0 Å². The molecule has 0 spiro atoms. The summed E-state index contributed by atoms with van der Waals surface area (Å²) in [5.74, 6) is 0.836. The van der Waals surface area contributed by atoms with Crippen molar-refractivity contribution in [3.8, 4) is 0 Å². The second-order valence-electron chi connectivity index (χ2n) is 5.62. The quantitative estimate of drug-likeness (QED) is 0.614. The molecule has 3 rings (SSSR count). The van der Waals surface area contributed by atoms with E-state index < -0.39 is 7.92 Å². The van der Waals surface area contributed by atoms with Crippen LogP contribution >= 0.6 is 7.92 Å². The number of esters is 1. The zero-order chi connectivity index (χ0) is 16.9. The maximum Gasteiger partial charge on any atom is 0.302 e. The van der Waals surface area contributed by atoms with Gasteiger partial charge in [-0.2, -0.15) is 0 Å². The van der Waals surface area contributed by atoms with Gasteiger partial charge in [0.1, 0.15) is 6.10 Å². The smallest absolute Gasteiger partial charge is 0.302 e. The Labute approximate surface area is 146 Å². The van der Waals surface area contributed by atoms with Crippen molar-refractivity contribution in [3.63, 3.8) is 0 Å². The van der Waals surface area contributed by atoms with E-state index in [1.807, 2.05) is 25.5 Å². The molecule has 1 aliphatic carbocycles. The normalized spacial score (nSPS) is 17.1. The van der Waals surface area contributed by atoms with Crippen molar-refractivity contribution in [2.24, 2.45) is 0 Å². The average Bonchev–Trinajstić information content (AvgIpc) is 3.06. The molecular weight excluding hydrogens is 315 g/mol. The fourth-order valence-corrected chi connectivity index (χ4v) is 5.41. The van der Waals surface area contributed by atoms with E-state index in [1.165, 1.54) is 23.2 Å². The zero-order valence-electron chi connectivity index (χ0n) is 13.8. The van der Waals surface area contributed by atoms with Gasteiger partial charge in [-0.15, -0.1) is 0 Å². The third-order valence-electron chi connectivity index (χ3n) is 3.88. The lowest BCUT2D eigenvalue weighted by Gasteiger charge is -2.31. The molecule has 2 nitrogen and oxygen atoms in total. The van der Waals surface area contributed by atoms with E-state index in [-0.39, 0.29) is 12.1 Å². The van der Waals surface area contributed by atoms with E-state index >= 15 is 0 Å². The Balaban J connectivity index is 1.94. The highest BCUT2D eigenvalue weighted by molar-refractivity contribution is 7.76. The number of hydrogen-bond acceptors (Lipinski definition) is 2. The monoisotopic (exact) mass is 335 g/mol. The van der Waals surface area contributed by atoms with Crippen molar-refractivity contribution in [3.05, 3.63) is 91.5 Å². The molecule has 121 valence electrons. The molecule has 0 unspecified atom stereocenters. The predicted octanol–water partition coefficient (Wildman–Crippen LogP) is 3.80. The number of benzene rings is 2. The van der Waals surface area contributed by atoms with Crippen LogP contribution in [0.4, 0.5) is 0 Å². The molecule has 0 saturated heterocycles. The number of hydrogen-bond donors (Lipinski definition) is 0. The van der Waals surface area contributed by atoms with Gasteiger partial charge in [0, 0.05) is 18.5 Å². The minimum atomic E-state index is -0.678. The van der Waals surface area contributed by atoms with Gasteiger partial charge in [-0.25, -0.2) is 0 Å². The highest BCUT2D eigenvalue weighted by atomic mass is 31.1. The highest BCUT2D eigenvalue weighted by Crippen LogP contribution is 2.57. The van der Waals surface area contributed by atoms with Crippen LogP contribution in [0.3, 0.4) is 0 Å². The summed E-state index contributed by atoms with van der Waals surface area (Å²) in [5, 5.41) is 2.59. The molecule has 1 fully saturated rings. The maximum atomic E-state index is 11.4. The van der Waals surface area contributed by atoms with Gasteiger partial charge in [-0.05, 0) is 44.7 Å². The molecule has 2 aromatic rings. The molecule has 0 N–H and O–H groups in total. The summed E-state index contributed by atoms with van der Waals surface area (Å²) in [5.41, 5.74) is 1.25. The SMILES string of the molecule is CC(=O)O[C@@H](C)[C]1[CH][CH][CH][C]1P(c1ccccc1)c1ccccc1. The third kappa shape index (κ3) is 3.87. The Morgan fingerprint density at radius 2 is 1.46 bits per heavy atom. The van der Waals surface area contributed by atoms with E-state index in [0.717, 1.165) is 5.92 Å². The zero-order valence-corrected chi connectivity index (χ0v) is 14.7. The standard InChI is InChI=1S/C21H20O2P/c1-16(23-17(2)22)20-14-9-15-21(20)24(18-10-5-3-6-11-18)19-12-7-4-8-13-19/h3-16H,1-2H3/t16-/m0/s1. The molecule has 0 amide bonds. The summed E-state index contributed by atoms with van der Waals surface area (Å²) < 4.78 is 5.43. The molecule has 1 atom stereocenters. The Bertz CT molecular complexity index is 617. The number of carbonyl (C=O) groups is 1. The molecule has 3 heteroatoms. The summed E-state index contributed by atoms with van der Waals surface area (Å²) >= 11 is 0. The van der Waals surface area contributed by atoms with Crippen molar-refractivity contribution in [2.45, 2.75) is 20.0 Å². The lowest BCUT2D eigenvalue weighted by Crippen LogP contribution is -2.27. The van der Waals surface area contributed by atoms with Gasteiger partial charge in [0.15, 0.2) is 0 Å². The molecule has 0 heterocycles. The number of rotatable bonds is 5. The molecule has 1 saturated carbocycles. The molecule has 24 heavy (non-hydrogen) atoms. The fraction of sp³-hybridized carbons (Fsp3) is 0.143. The van der Waals surface area contributed by atoms with Crippen LogP contribution in [0.1, 0.15) is 13.8 Å². The maximum absolute atomic E-state index is 11.4. The van der Waals surface area contributed by atoms with Gasteiger partial charge in [0.2, 0.25) is 0 Å². The Morgan fingerprint density at radius 3 is 1.96 bits per heavy atom. The molecule has 0 bridgehead atoms. The van der Waals surface area contributed by atoms with Gasteiger partial charge < -0.3 is 4.74 Å². The molecule has 1 aliphatic rings. The van der Waals surface area contributed by atoms with Gasteiger partial charge in [-0.1, -0.05) is 60.7 Å². The van der Waals surface area contributed by atoms with Crippen molar-refractivity contribution < 1.29 is 9.53 Å². The van der Waals surface area contributed by atoms with Crippen LogP contribution in [-0.4, -0.2) is 12.1 Å². The fourth-order valence-electron chi connectivity index (χ4n) is 2.87. The molecular formula is C21H20O2P. The number of carbonyl (C=O) groups excluding carboxylic acids is 1. The third-order valence-corrected chi connectivity index (χ3v) is 6.39. The van der Waals surface area contributed by atoms with Crippen LogP contribution < -0.4 is 10.6 Å². The second-order valence-corrected chi connectivity index (χ2v) is 7.81. The van der Waals surface area contributed by atoms with E-state index in [9.17, 15) is 4.79 Å². The van der Waals surface area contributed by atoms with Crippen molar-refractivity contribution in [1.29, 1.82) is 0 Å². The summed E-state index contributed by atoms with van der Waals surface area (Å²) in [4.78, 5) is 11.4. The summed E-state index contributed by atoms with van der Waals surface area (Å²) in [6, 6.07) is 21.1. The lowest BCUT2D eigenvalue weighted by atomic mass is 10.0. The van der Waals surface area contributed by atoms with Gasteiger partial charge >= 0.3 is 5.97 Å². The molecule has 0 aliphatic heterocycles. The highest BCUT2D eigenvalue weighted by Gasteiger charge is 2.40. The van der Waals surface area contributed by atoms with Crippen LogP contribution in [0.5, 0.6) is 0 Å². The van der Waals surface area contributed by atoms with E-state index in [4.69, 9.17) is 4.74 Å². The predicted molar refractivity (Wildman–Crippen MR) is 99.7 cm³/mol. The van der Waals surface area contributed by atoms with Crippen LogP contribution in [0.2, 0.25) is 0 Å². The first-order valence-corrected chi connectivity index (χ1v) is 9.34. The minimum absolute atomic E-state index is 0.245. The summed E-state index contributed by atoms with van der Waals surface area (Å²) in [6.45, 7) is 3.39. The van der Waals surface area contributed by atoms with Crippen molar-refractivity contribution >= 4 is 24.5 Å². The largest absolute Gasteiger partial charge is 0.462 e. The first-order valence-electron chi connectivity index (χ1n) is 8.00. The topological polar surface area (TPSA) is 26.3 Å². The molecule has 0 aromatic heterocycles. The minimum Gasteiger partial charge on any atom is -0.462 e. The van der Waals surface area contributed by atoms with Crippen molar-refractivity contribution in [2.75, 3.05) is 0 Å². The Morgan fingerprint density at radius 1 is 0.917 bits per heavy atom. The van der Waals surface area contributed by atoms with E-state index in [1.54, 1.807) is 0 Å². The van der Waals surface area contributed by atoms with E-state index in [0.29, 0.717) is 0 Å². The van der Waals surface area contributed by atoms with Gasteiger partial charge in [-0.3, -0.25) is 4.79 Å². The second kappa shape index (κ2) is 7.94. The van der Waals surface area contributed by atoms with Crippen LogP contribution in [0, 0.1) is 30.8 Å². The molecule has 2 aromatic carbocycles. The summed E-state index contributed by atoms with van der Waals surface area (Å²) in [6.07, 6.45) is 6.02. The van der Waals surface area contributed by atoms with Crippen LogP contribution in [0.15, 0.2) is 60.7 Å².